The zero-order valence-electron chi connectivity index (χ0n) is 9.20. The molecule has 1 heterocycles. The highest BCUT2D eigenvalue weighted by Gasteiger charge is 2.21. The first-order chi connectivity index (χ1) is 7.96. The molecule has 0 atom stereocenters. The third-order valence-corrected chi connectivity index (χ3v) is 5.31. The van der Waals surface area contributed by atoms with Crippen LogP contribution in [-0.4, -0.2) is 37.9 Å². The van der Waals surface area contributed by atoms with Crippen LogP contribution in [0, 0.1) is 0 Å². The van der Waals surface area contributed by atoms with Crippen molar-refractivity contribution in [2.45, 2.75) is 6.54 Å². The third-order valence-electron chi connectivity index (χ3n) is 2.84. The van der Waals surface area contributed by atoms with Gasteiger partial charge in [0.25, 0.3) is 0 Å². The van der Waals surface area contributed by atoms with Crippen molar-refractivity contribution in [2.75, 3.05) is 24.6 Å². The van der Waals surface area contributed by atoms with Crippen molar-refractivity contribution in [3.05, 3.63) is 33.3 Å². The van der Waals surface area contributed by atoms with Gasteiger partial charge in [0.05, 0.1) is 11.5 Å². The first-order valence-electron chi connectivity index (χ1n) is 5.33. The number of nitrogens with zero attached hydrogens (tertiary/aromatic N) is 1. The number of hydrogen-bond acceptors (Lipinski definition) is 3. The topological polar surface area (TPSA) is 37.4 Å². The van der Waals surface area contributed by atoms with Crippen LogP contribution < -0.4 is 0 Å². The molecule has 17 heavy (non-hydrogen) atoms. The Balaban J connectivity index is 2.05. The molecule has 0 aliphatic carbocycles. The lowest BCUT2D eigenvalue weighted by atomic mass is 10.2. The molecule has 1 aliphatic rings. The molecule has 3 nitrogen and oxygen atoms in total. The summed E-state index contributed by atoms with van der Waals surface area (Å²) in [5.74, 6) is 0.497. The van der Waals surface area contributed by atoms with Crippen molar-refractivity contribution in [1.82, 2.24) is 4.90 Å². The summed E-state index contributed by atoms with van der Waals surface area (Å²) in [5, 5.41) is 0.724. The molecule has 0 saturated carbocycles. The molecule has 1 aromatic carbocycles. The molecular weight excluding hydrogens is 326 g/mol. The highest BCUT2D eigenvalue weighted by Crippen LogP contribution is 2.23. The number of sulfone groups is 1. The van der Waals surface area contributed by atoms with Crippen LogP contribution in [0.4, 0.5) is 0 Å². The molecule has 1 fully saturated rings. The van der Waals surface area contributed by atoms with Gasteiger partial charge in [0.1, 0.15) is 0 Å². The van der Waals surface area contributed by atoms with Crippen molar-refractivity contribution in [1.29, 1.82) is 0 Å². The zero-order valence-corrected chi connectivity index (χ0v) is 12.4. The standard InChI is InChI=1S/C11H13BrClNO2S/c12-10-1-2-11(13)9(7-10)8-14-3-5-17(15,16)6-4-14/h1-2,7H,3-6,8H2. The van der Waals surface area contributed by atoms with Gasteiger partial charge in [0.2, 0.25) is 0 Å². The molecule has 1 saturated heterocycles. The Morgan fingerprint density at radius 3 is 2.59 bits per heavy atom. The van der Waals surface area contributed by atoms with Crippen LogP contribution in [0.15, 0.2) is 22.7 Å². The van der Waals surface area contributed by atoms with Crippen LogP contribution >= 0.6 is 27.5 Å². The lowest BCUT2D eigenvalue weighted by molar-refractivity contribution is 0.287. The quantitative estimate of drug-likeness (QED) is 0.830. The normalized spacial score (nSPS) is 20.4. The van der Waals surface area contributed by atoms with E-state index < -0.39 is 9.84 Å². The second-order valence-corrected chi connectivity index (χ2v) is 7.79. The minimum atomic E-state index is -2.81. The fraction of sp³-hybridized carbons (Fsp3) is 0.455. The Morgan fingerprint density at radius 2 is 1.94 bits per heavy atom. The van der Waals surface area contributed by atoms with Crippen LogP contribution in [0.25, 0.3) is 0 Å². The smallest absolute Gasteiger partial charge is 0.152 e. The summed E-state index contributed by atoms with van der Waals surface area (Å²) >= 11 is 9.51. The Hall–Kier alpha value is -0.100. The van der Waals surface area contributed by atoms with Crippen LogP contribution in [0.2, 0.25) is 5.02 Å². The molecule has 0 spiro atoms. The molecular formula is C11H13BrClNO2S. The largest absolute Gasteiger partial charge is 0.297 e. The summed E-state index contributed by atoms with van der Waals surface area (Å²) < 4.78 is 23.6. The summed E-state index contributed by atoms with van der Waals surface area (Å²) in [6.07, 6.45) is 0. The first kappa shape index (κ1) is 13.3. The number of halogens is 2. The lowest BCUT2D eigenvalue weighted by Crippen LogP contribution is -2.39. The fourth-order valence-electron chi connectivity index (χ4n) is 1.81. The van der Waals surface area contributed by atoms with E-state index in [9.17, 15) is 8.42 Å². The van der Waals surface area contributed by atoms with Gasteiger partial charge < -0.3 is 0 Å². The van der Waals surface area contributed by atoms with Gasteiger partial charge in [-0.3, -0.25) is 4.90 Å². The van der Waals surface area contributed by atoms with Crippen molar-refractivity contribution >= 4 is 37.4 Å². The van der Waals surface area contributed by atoms with Gasteiger partial charge in [-0.05, 0) is 23.8 Å². The van der Waals surface area contributed by atoms with E-state index in [0.717, 1.165) is 15.1 Å². The molecule has 0 amide bonds. The molecule has 2 rings (SSSR count). The highest BCUT2D eigenvalue weighted by atomic mass is 79.9. The van der Waals surface area contributed by atoms with Gasteiger partial charge in [-0.1, -0.05) is 27.5 Å². The van der Waals surface area contributed by atoms with Gasteiger partial charge in [-0.15, -0.1) is 0 Å². The average molecular weight is 339 g/mol. The molecule has 1 aromatic rings. The van der Waals surface area contributed by atoms with Crippen molar-refractivity contribution in [2.24, 2.45) is 0 Å². The second-order valence-electron chi connectivity index (χ2n) is 4.16. The molecule has 6 heteroatoms. The molecule has 0 radical (unpaired) electrons. The summed E-state index contributed by atoms with van der Waals surface area (Å²) in [6, 6.07) is 5.72. The Morgan fingerprint density at radius 1 is 1.29 bits per heavy atom. The van der Waals surface area contributed by atoms with Gasteiger partial charge in [-0.25, -0.2) is 8.42 Å². The monoisotopic (exact) mass is 337 g/mol. The molecule has 0 N–H and O–H groups in total. The Labute approximate surface area is 115 Å². The molecule has 94 valence electrons. The van der Waals surface area contributed by atoms with E-state index in [4.69, 9.17) is 11.6 Å². The minimum absolute atomic E-state index is 0.249. The van der Waals surface area contributed by atoms with E-state index in [0.29, 0.717) is 19.6 Å². The minimum Gasteiger partial charge on any atom is -0.297 e. The van der Waals surface area contributed by atoms with E-state index >= 15 is 0 Å². The highest BCUT2D eigenvalue weighted by molar-refractivity contribution is 9.10. The van der Waals surface area contributed by atoms with E-state index in [1.807, 2.05) is 18.2 Å². The van der Waals surface area contributed by atoms with E-state index in [1.165, 1.54) is 0 Å². The number of hydrogen-bond donors (Lipinski definition) is 0. The molecule has 0 bridgehead atoms. The average Bonchev–Trinajstić information content (AvgIpc) is 2.26. The lowest BCUT2D eigenvalue weighted by Gasteiger charge is -2.26. The van der Waals surface area contributed by atoms with Crippen LogP contribution in [0.5, 0.6) is 0 Å². The predicted octanol–water partition coefficient (Wildman–Crippen LogP) is 2.33. The molecule has 1 aliphatic heterocycles. The summed E-state index contributed by atoms with van der Waals surface area (Å²) in [6.45, 7) is 1.88. The fourth-order valence-corrected chi connectivity index (χ4v) is 3.68. The second kappa shape index (κ2) is 5.26. The Bertz CT molecular complexity index is 504. The molecule has 0 unspecified atom stereocenters. The maximum absolute atomic E-state index is 11.3. The van der Waals surface area contributed by atoms with Crippen molar-refractivity contribution in [3.8, 4) is 0 Å². The zero-order chi connectivity index (χ0) is 12.5. The van der Waals surface area contributed by atoms with Gasteiger partial charge >= 0.3 is 0 Å². The summed E-state index contributed by atoms with van der Waals surface area (Å²) in [7, 11) is -2.81. The van der Waals surface area contributed by atoms with Gasteiger partial charge in [0.15, 0.2) is 9.84 Å². The maximum atomic E-state index is 11.3. The maximum Gasteiger partial charge on any atom is 0.152 e. The van der Waals surface area contributed by atoms with Gasteiger partial charge in [0, 0.05) is 29.1 Å². The van der Waals surface area contributed by atoms with E-state index in [-0.39, 0.29) is 11.5 Å². The summed E-state index contributed by atoms with van der Waals surface area (Å²) in [5.41, 5.74) is 1.03. The third kappa shape index (κ3) is 3.68. The van der Waals surface area contributed by atoms with Crippen molar-refractivity contribution < 1.29 is 8.42 Å². The van der Waals surface area contributed by atoms with E-state index in [1.54, 1.807) is 0 Å². The molecule has 0 aromatic heterocycles. The van der Waals surface area contributed by atoms with Gasteiger partial charge in [-0.2, -0.15) is 0 Å². The Kier molecular flexibility index (Phi) is 4.13. The van der Waals surface area contributed by atoms with Crippen LogP contribution in [0.3, 0.4) is 0 Å². The SMILES string of the molecule is O=S1(=O)CCN(Cc2cc(Br)ccc2Cl)CC1. The van der Waals surface area contributed by atoms with Crippen LogP contribution in [0.1, 0.15) is 5.56 Å². The first-order valence-corrected chi connectivity index (χ1v) is 8.32. The number of rotatable bonds is 2. The van der Waals surface area contributed by atoms with E-state index in [2.05, 4.69) is 20.8 Å². The predicted molar refractivity (Wildman–Crippen MR) is 73.1 cm³/mol. The van der Waals surface area contributed by atoms with Crippen molar-refractivity contribution in [3.63, 3.8) is 0 Å². The summed E-state index contributed by atoms with van der Waals surface area (Å²) in [4.78, 5) is 2.12. The number of benzene rings is 1. The van der Waals surface area contributed by atoms with Crippen LogP contribution in [-0.2, 0) is 16.4 Å².